The summed E-state index contributed by atoms with van der Waals surface area (Å²) in [6.07, 6.45) is 1.48. The monoisotopic (exact) mass is 458 g/mol. The van der Waals surface area contributed by atoms with Crippen LogP contribution in [0.1, 0.15) is 37.7 Å². The Bertz CT molecular complexity index is 792. The third kappa shape index (κ3) is 8.29. The molecule has 0 aliphatic heterocycles. The molecule has 1 aliphatic rings. The van der Waals surface area contributed by atoms with E-state index >= 15 is 0 Å². The average molecular weight is 458 g/mol. The molecule has 0 spiro atoms. The van der Waals surface area contributed by atoms with E-state index in [-0.39, 0.29) is 31.1 Å². The molecule has 2 rings (SSSR count). The average Bonchev–Trinajstić information content (AvgIpc) is 2.99. The molecule has 0 saturated heterocycles. The standard InChI is InChI=1S/C23H29F3O6/c24-23(25,26)15-6-5-7-17(12-15)32-14-16(27)10-11-19-18(20(28)13-21(19)29)8-3-1-2-4-9-22(30)31/h1,3,5-7,10-12,16,18-21,27-29H,2,4,8-9,13-14H2,(H,30,31)/b3-1-,11-10+/t16-,18-,19?,20?,21-/m1/s1. The zero-order chi connectivity index (χ0) is 23.7. The number of carboxylic acids is 1. The van der Waals surface area contributed by atoms with Crippen LogP contribution >= 0.6 is 0 Å². The Labute approximate surface area is 184 Å². The van der Waals surface area contributed by atoms with Crippen LogP contribution in [0.3, 0.4) is 0 Å². The first kappa shape index (κ1) is 25.9. The van der Waals surface area contributed by atoms with E-state index < -0.39 is 41.9 Å². The molecule has 2 unspecified atom stereocenters. The molecule has 0 amide bonds. The van der Waals surface area contributed by atoms with Gasteiger partial charge in [0.2, 0.25) is 0 Å². The zero-order valence-corrected chi connectivity index (χ0v) is 17.5. The van der Waals surface area contributed by atoms with Gasteiger partial charge in [0.05, 0.1) is 17.8 Å². The summed E-state index contributed by atoms with van der Waals surface area (Å²) in [5.74, 6) is -1.55. The number of aliphatic carboxylic acids is 1. The minimum absolute atomic E-state index is 0.0190. The van der Waals surface area contributed by atoms with Gasteiger partial charge < -0.3 is 25.2 Å². The SMILES string of the molecule is O=C(O)CCC/C=C\C[C@H]1C(O)C[C@@H](O)C1/C=C/[C@@H](O)COc1cccc(C(F)(F)F)c1. The molecule has 0 aromatic heterocycles. The lowest BCUT2D eigenvalue weighted by atomic mass is 9.89. The van der Waals surface area contributed by atoms with Crippen molar-refractivity contribution in [3.63, 3.8) is 0 Å². The van der Waals surface area contributed by atoms with Crippen LogP contribution in [0, 0.1) is 11.8 Å². The number of alkyl halides is 3. The Kier molecular flexibility index (Phi) is 9.74. The first-order chi connectivity index (χ1) is 15.1. The Morgan fingerprint density at radius 2 is 1.97 bits per heavy atom. The van der Waals surface area contributed by atoms with Crippen molar-refractivity contribution in [1.82, 2.24) is 0 Å². The number of halogens is 3. The fraction of sp³-hybridized carbons (Fsp3) is 0.522. The Morgan fingerprint density at radius 1 is 1.22 bits per heavy atom. The van der Waals surface area contributed by atoms with E-state index in [0.717, 1.165) is 12.1 Å². The van der Waals surface area contributed by atoms with E-state index in [4.69, 9.17) is 9.84 Å². The summed E-state index contributed by atoms with van der Waals surface area (Å²) < 4.78 is 43.5. The number of rotatable bonds is 11. The second kappa shape index (κ2) is 12.0. The van der Waals surface area contributed by atoms with Crippen molar-refractivity contribution in [3.05, 3.63) is 54.1 Å². The van der Waals surface area contributed by atoms with Crippen LogP contribution in [0.25, 0.3) is 0 Å². The maximum atomic E-state index is 12.8. The Balaban J connectivity index is 1.87. The number of aliphatic hydroxyl groups excluding tert-OH is 3. The topological polar surface area (TPSA) is 107 Å². The van der Waals surface area contributed by atoms with Gasteiger partial charge in [0.15, 0.2) is 0 Å². The fourth-order valence-corrected chi connectivity index (χ4v) is 3.70. The minimum Gasteiger partial charge on any atom is -0.491 e. The van der Waals surface area contributed by atoms with Crippen molar-refractivity contribution in [3.8, 4) is 5.75 Å². The number of benzene rings is 1. The van der Waals surface area contributed by atoms with Gasteiger partial charge in [-0.05, 0) is 43.4 Å². The number of ether oxygens (including phenoxy) is 1. The molecule has 178 valence electrons. The van der Waals surface area contributed by atoms with Gasteiger partial charge in [-0.25, -0.2) is 0 Å². The second-order valence-corrected chi connectivity index (χ2v) is 7.89. The summed E-state index contributed by atoms with van der Waals surface area (Å²) >= 11 is 0. The maximum Gasteiger partial charge on any atom is 0.416 e. The molecule has 9 heteroatoms. The van der Waals surface area contributed by atoms with Crippen LogP contribution < -0.4 is 4.74 Å². The molecule has 4 N–H and O–H groups in total. The van der Waals surface area contributed by atoms with E-state index in [0.29, 0.717) is 19.3 Å². The lowest BCUT2D eigenvalue weighted by Gasteiger charge is -2.19. The fourth-order valence-electron chi connectivity index (χ4n) is 3.70. The van der Waals surface area contributed by atoms with E-state index in [1.54, 1.807) is 6.08 Å². The lowest BCUT2D eigenvalue weighted by molar-refractivity contribution is -0.138. The van der Waals surface area contributed by atoms with Crippen LogP contribution in [0.4, 0.5) is 13.2 Å². The molecule has 1 saturated carbocycles. The van der Waals surface area contributed by atoms with E-state index in [1.165, 1.54) is 18.2 Å². The smallest absolute Gasteiger partial charge is 0.416 e. The summed E-state index contributed by atoms with van der Waals surface area (Å²) in [5, 5.41) is 39.2. The summed E-state index contributed by atoms with van der Waals surface area (Å²) in [4.78, 5) is 10.5. The van der Waals surface area contributed by atoms with Crippen molar-refractivity contribution < 1.29 is 43.1 Å². The second-order valence-electron chi connectivity index (χ2n) is 7.89. The lowest BCUT2D eigenvalue weighted by Crippen LogP contribution is -2.21. The predicted octanol–water partition coefficient (Wildman–Crippen LogP) is 3.56. The highest BCUT2D eigenvalue weighted by Crippen LogP contribution is 2.36. The maximum absolute atomic E-state index is 12.8. The predicted molar refractivity (Wildman–Crippen MR) is 111 cm³/mol. The molecule has 1 aliphatic carbocycles. The van der Waals surface area contributed by atoms with Gasteiger partial charge in [0.1, 0.15) is 18.5 Å². The van der Waals surface area contributed by atoms with Gasteiger partial charge in [-0.2, -0.15) is 13.2 Å². The zero-order valence-electron chi connectivity index (χ0n) is 17.5. The number of allylic oxidation sites excluding steroid dienone is 2. The molecule has 32 heavy (non-hydrogen) atoms. The Morgan fingerprint density at radius 3 is 2.66 bits per heavy atom. The largest absolute Gasteiger partial charge is 0.491 e. The summed E-state index contributed by atoms with van der Waals surface area (Å²) in [6.45, 7) is -0.267. The summed E-state index contributed by atoms with van der Waals surface area (Å²) in [7, 11) is 0. The number of hydrogen-bond acceptors (Lipinski definition) is 5. The van der Waals surface area contributed by atoms with Gasteiger partial charge >= 0.3 is 12.1 Å². The van der Waals surface area contributed by atoms with Gasteiger partial charge in [0, 0.05) is 18.8 Å². The molecule has 1 fully saturated rings. The molecular formula is C23H29F3O6. The van der Waals surface area contributed by atoms with Gasteiger partial charge in [0.25, 0.3) is 0 Å². The molecule has 5 atom stereocenters. The molecule has 1 aromatic carbocycles. The van der Waals surface area contributed by atoms with Gasteiger partial charge in [-0.3, -0.25) is 4.79 Å². The third-order valence-corrected chi connectivity index (χ3v) is 5.39. The van der Waals surface area contributed by atoms with Gasteiger partial charge in [-0.1, -0.05) is 30.4 Å². The van der Waals surface area contributed by atoms with Crippen molar-refractivity contribution in [2.75, 3.05) is 6.61 Å². The first-order valence-electron chi connectivity index (χ1n) is 10.5. The highest BCUT2D eigenvalue weighted by Gasteiger charge is 2.39. The molecule has 0 radical (unpaired) electrons. The quantitative estimate of drug-likeness (QED) is 0.298. The molecule has 1 aromatic rings. The van der Waals surface area contributed by atoms with Crippen molar-refractivity contribution >= 4 is 5.97 Å². The first-order valence-corrected chi connectivity index (χ1v) is 10.5. The molecule has 0 bridgehead atoms. The number of aliphatic hydroxyl groups is 3. The highest BCUT2D eigenvalue weighted by atomic mass is 19.4. The number of unbranched alkanes of at least 4 members (excludes halogenated alkanes) is 1. The third-order valence-electron chi connectivity index (χ3n) is 5.39. The van der Waals surface area contributed by atoms with E-state index in [1.807, 2.05) is 12.2 Å². The van der Waals surface area contributed by atoms with E-state index in [9.17, 15) is 33.3 Å². The highest BCUT2D eigenvalue weighted by molar-refractivity contribution is 5.66. The molecular weight excluding hydrogens is 429 g/mol. The van der Waals surface area contributed by atoms with Crippen LogP contribution in [-0.4, -0.2) is 51.3 Å². The summed E-state index contributed by atoms with van der Waals surface area (Å²) in [5.41, 5.74) is -0.845. The number of carboxylic acid groups (broad SMARTS) is 1. The van der Waals surface area contributed by atoms with Crippen molar-refractivity contribution in [2.24, 2.45) is 11.8 Å². The molecule has 0 heterocycles. The van der Waals surface area contributed by atoms with Crippen molar-refractivity contribution in [1.29, 1.82) is 0 Å². The normalized spacial score (nSPS) is 24.9. The number of hydrogen-bond donors (Lipinski definition) is 4. The number of carbonyl (C=O) groups is 1. The molecule has 6 nitrogen and oxygen atoms in total. The van der Waals surface area contributed by atoms with E-state index in [2.05, 4.69) is 0 Å². The van der Waals surface area contributed by atoms with Crippen molar-refractivity contribution in [2.45, 2.75) is 56.6 Å². The minimum atomic E-state index is -4.49. The van der Waals surface area contributed by atoms with Crippen LogP contribution in [0.5, 0.6) is 5.75 Å². The summed E-state index contributed by atoms with van der Waals surface area (Å²) in [6, 6.07) is 4.36. The van der Waals surface area contributed by atoms with Crippen LogP contribution in [-0.2, 0) is 11.0 Å². The van der Waals surface area contributed by atoms with Crippen LogP contribution in [0.15, 0.2) is 48.6 Å². The van der Waals surface area contributed by atoms with Crippen LogP contribution in [0.2, 0.25) is 0 Å². The Hall–Kier alpha value is -2.36. The van der Waals surface area contributed by atoms with Gasteiger partial charge in [-0.15, -0.1) is 0 Å².